The second-order valence-corrected chi connectivity index (χ2v) is 4.27. The van der Waals surface area contributed by atoms with E-state index in [1.165, 1.54) is 0 Å². The van der Waals surface area contributed by atoms with Crippen LogP contribution in [0.2, 0.25) is 5.02 Å². The van der Waals surface area contributed by atoms with Gasteiger partial charge >= 0.3 is 5.97 Å². The summed E-state index contributed by atoms with van der Waals surface area (Å²) >= 11 is 5.84. The molecule has 10 heteroatoms. The number of ether oxygens (including phenoxy) is 1. The van der Waals surface area contributed by atoms with Crippen LogP contribution in [0, 0.1) is 10.1 Å². The lowest BCUT2D eigenvalue weighted by atomic mass is 10.1. The number of nitro groups is 1. The SMILES string of the molecule is NC(=O)COCCNc1c(Cl)cc([N+](=O)[O-])cc1C(=O)O. The van der Waals surface area contributed by atoms with Gasteiger partial charge in [-0.2, -0.15) is 0 Å². The monoisotopic (exact) mass is 317 g/mol. The van der Waals surface area contributed by atoms with Gasteiger partial charge < -0.3 is 20.9 Å². The minimum atomic E-state index is -1.36. The molecule has 0 aliphatic rings. The molecule has 0 bridgehead atoms. The molecule has 1 aromatic carbocycles. The van der Waals surface area contributed by atoms with Crippen molar-refractivity contribution in [3.63, 3.8) is 0 Å². The van der Waals surface area contributed by atoms with Gasteiger partial charge in [0.1, 0.15) is 6.61 Å². The summed E-state index contributed by atoms with van der Waals surface area (Å²) in [6.07, 6.45) is 0. The first-order valence-corrected chi connectivity index (χ1v) is 6.02. The molecule has 0 saturated carbocycles. The van der Waals surface area contributed by atoms with Gasteiger partial charge in [-0.3, -0.25) is 14.9 Å². The molecule has 4 N–H and O–H groups in total. The van der Waals surface area contributed by atoms with E-state index in [-0.39, 0.29) is 36.0 Å². The summed E-state index contributed by atoms with van der Waals surface area (Å²) in [6, 6.07) is 1.95. The number of hydrogen-bond acceptors (Lipinski definition) is 6. The first kappa shape index (κ1) is 16.7. The zero-order chi connectivity index (χ0) is 16.0. The number of nitrogens with two attached hydrogens (primary N) is 1. The normalized spacial score (nSPS) is 10.1. The summed E-state index contributed by atoms with van der Waals surface area (Å²) in [6.45, 7) is -0.0398. The van der Waals surface area contributed by atoms with Crippen molar-refractivity contribution in [2.24, 2.45) is 5.73 Å². The van der Waals surface area contributed by atoms with Crippen LogP contribution in [0.5, 0.6) is 0 Å². The average molecular weight is 318 g/mol. The minimum Gasteiger partial charge on any atom is -0.478 e. The minimum absolute atomic E-state index is 0.0393. The number of non-ortho nitro benzene ring substituents is 1. The highest BCUT2D eigenvalue weighted by Crippen LogP contribution is 2.31. The van der Waals surface area contributed by atoms with Crippen LogP contribution in [0.4, 0.5) is 11.4 Å². The number of carboxylic acid groups (broad SMARTS) is 1. The van der Waals surface area contributed by atoms with Crippen molar-refractivity contribution in [1.82, 2.24) is 0 Å². The van der Waals surface area contributed by atoms with E-state index in [0.29, 0.717) is 0 Å². The molecule has 0 unspecified atom stereocenters. The average Bonchev–Trinajstić information content (AvgIpc) is 2.38. The molecule has 0 fully saturated rings. The fraction of sp³-hybridized carbons (Fsp3) is 0.273. The lowest BCUT2D eigenvalue weighted by molar-refractivity contribution is -0.384. The molecule has 1 amide bonds. The van der Waals surface area contributed by atoms with Crippen molar-refractivity contribution < 1.29 is 24.4 Å². The Morgan fingerprint density at radius 3 is 2.67 bits per heavy atom. The fourth-order valence-corrected chi connectivity index (χ4v) is 1.75. The van der Waals surface area contributed by atoms with E-state index in [0.717, 1.165) is 12.1 Å². The van der Waals surface area contributed by atoms with Crippen molar-refractivity contribution in [3.8, 4) is 0 Å². The molecule has 1 aromatic rings. The second kappa shape index (κ2) is 7.41. The summed E-state index contributed by atoms with van der Waals surface area (Å²) < 4.78 is 4.88. The third kappa shape index (κ3) is 4.89. The van der Waals surface area contributed by atoms with Gasteiger partial charge in [-0.25, -0.2) is 4.79 Å². The Bertz CT molecular complexity index is 577. The zero-order valence-corrected chi connectivity index (χ0v) is 11.4. The number of amides is 1. The molecule has 114 valence electrons. The van der Waals surface area contributed by atoms with E-state index in [1.54, 1.807) is 0 Å². The first-order chi connectivity index (χ1) is 9.82. The summed E-state index contributed by atoms with van der Waals surface area (Å²) in [7, 11) is 0. The van der Waals surface area contributed by atoms with Gasteiger partial charge in [-0.05, 0) is 0 Å². The number of nitrogens with zero attached hydrogens (tertiary/aromatic N) is 1. The van der Waals surface area contributed by atoms with Crippen LogP contribution >= 0.6 is 11.6 Å². The van der Waals surface area contributed by atoms with E-state index in [9.17, 15) is 19.7 Å². The molecule has 0 atom stereocenters. The lowest BCUT2D eigenvalue weighted by Crippen LogP contribution is -2.21. The Labute approximate surface area is 123 Å². The summed E-state index contributed by atoms with van der Waals surface area (Å²) in [5.41, 5.74) is 4.16. The Balaban J connectivity index is 2.83. The van der Waals surface area contributed by atoms with Gasteiger partial charge in [0.2, 0.25) is 5.91 Å². The largest absolute Gasteiger partial charge is 0.478 e. The first-order valence-electron chi connectivity index (χ1n) is 5.64. The maximum Gasteiger partial charge on any atom is 0.338 e. The molecule has 0 heterocycles. The topological polar surface area (TPSA) is 145 Å². The third-order valence-corrected chi connectivity index (χ3v) is 2.61. The van der Waals surface area contributed by atoms with Crippen LogP contribution in [-0.4, -0.2) is 41.7 Å². The molecule has 0 aliphatic carbocycles. The number of carboxylic acids is 1. The maximum atomic E-state index is 11.1. The summed E-state index contributed by atoms with van der Waals surface area (Å²) in [5, 5.41) is 22.3. The van der Waals surface area contributed by atoms with Crippen molar-refractivity contribution >= 4 is 34.9 Å². The highest BCUT2D eigenvalue weighted by atomic mass is 35.5. The summed E-state index contributed by atoms with van der Waals surface area (Å²) in [5.74, 6) is -1.99. The van der Waals surface area contributed by atoms with Gasteiger partial charge in [0.05, 0.1) is 27.8 Å². The summed E-state index contributed by atoms with van der Waals surface area (Å²) in [4.78, 5) is 31.5. The van der Waals surface area contributed by atoms with E-state index in [1.807, 2.05) is 0 Å². The number of halogens is 1. The van der Waals surface area contributed by atoms with Crippen molar-refractivity contribution in [1.29, 1.82) is 0 Å². The zero-order valence-electron chi connectivity index (χ0n) is 10.7. The fourth-order valence-electron chi connectivity index (χ4n) is 1.47. The number of hydrogen-bond donors (Lipinski definition) is 3. The van der Waals surface area contributed by atoms with Crippen LogP contribution in [0.25, 0.3) is 0 Å². The molecule has 0 saturated heterocycles. The maximum absolute atomic E-state index is 11.1. The molecule has 0 radical (unpaired) electrons. The van der Waals surface area contributed by atoms with Gasteiger partial charge in [0, 0.05) is 18.7 Å². The number of nitrogens with one attached hydrogen (secondary N) is 1. The van der Waals surface area contributed by atoms with Crippen LogP contribution in [0.1, 0.15) is 10.4 Å². The van der Waals surface area contributed by atoms with Gasteiger partial charge in [-0.15, -0.1) is 0 Å². The lowest BCUT2D eigenvalue weighted by Gasteiger charge is -2.11. The second-order valence-electron chi connectivity index (χ2n) is 3.86. The van der Waals surface area contributed by atoms with Crippen molar-refractivity contribution in [2.75, 3.05) is 25.1 Å². The number of nitro benzene ring substituents is 1. The third-order valence-electron chi connectivity index (χ3n) is 2.31. The molecule has 21 heavy (non-hydrogen) atoms. The van der Waals surface area contributed by atoms with Crippen LogP contribution in [0.3, 0.4) is 0 Å². The van der Waals surface area contributed by atoms with Gasteiger partial charge in [0.15, 0.2) is 0 Å². The van der Waals surface area contributed by atoms with Crippen LogP contribution in [0.15, 0.2) is 12.1 Å². The van der Waals surface area contributed by atoms with Crippen molar-refractivity contribution in [2.45, 2.75) is 0 Å². The molecule has 0 spiro atoms. The van der Waals surface area contributed by atoms with E-state index in [4.69, 9.17) is 27.2 Å². The Morgan fingerprint density at radius 2 is 2.14 bits per heavy atom. The predicted octanol–water partition coefficient (Wildman–Crippen LogP) is 0.860. The molecule has 0 aromatic heterocycles. The Morgan fingerprint density at radius 1 is 1.48 bits per heavy atom. The molecule has 1 rings (SSSR count). The smallest absolute Gasteiger partial charge is 0.338 e. The Hall–Kier alpha value is -2.39. The molecular weight excluding hydrogens is 306 g/mol. The molecule has 0 aliphatic heterocycles. The standard InChI is InChI=1S/C11H12ClN3O6/c12-8-4-6(15(19)20)3-7(11(17)18)10(8)14-1-2-21-5-9(13)16/h3-4,14H,1-2,5H2,(H2,13,16)(H,17,18). The van der Waals surface area contributed by atoms with Gasteiger partial charge in [0.25, 0.3) is 5.69 Å². The number of rotatable bonds is 8. The van der Waals surface area contributed by atoms with Crippen molar-refractivity contribution in [3.05, 3.63) is 32.8 Å². The quantitative estimate of drug-likeness (QED) is 0.366. The number of primary amides is 1. The van der Waals surface area contributed by atoms with Crippen LogP contribution < -0.4 is 11.1 Å². The number of aromatic carboxylic acids is 1. The highest BCUT2D eigenvalue weighted by Gasteiger charge is 2.19. The number of anilines is 1. The van der Waals surface area contributed by atoms with E-state index in [2.05, 4.69) is 5.32 Å². The number of carbonyl (C=O) groups is 2. The highest BCUT2D eigenvalue weighted by molar-refractivity contribution is 6.34. The molecular formula is C11H12ClN3O6. The van der Waals surface area contributed by atoms with Crippen LogP contribution in [-0.2, 0) is 9.53 Å². The van der Waals surface area contributed by atoms with Gasteiger partial charge in [-0.1, -0.05) is 11.6 Å². The van der Waals surface area contributed by atoms with E-state index < -0.39 is 22.5 Å². The number of benzene rings is 1. The van der Waals surface area contributed by atoms with E-state index >= 15 is 0 Å². The Kier molecular flexibility index (Phi) is 5.88. The molecule has 9 nitrogen and oxygen atoms in total. The predicted molar refractivity (Wildman–Crippen MR) is 73.6 cm³/mol. The number of carbonyl (C=O) groups excluding carboxylic acids is 1.